The zero-order chi connectivity index (χ0) is 69.8. The molecule has 0 aliphatic rings. The fourth-order valence-corrected chi connectivity index (χ4v) is 17.1. The highest BCUT2D eigenvalue weighted by Crippen LogP contribution is 2.44. The van der Waals surface area contributed by atoms with Gasteiger partial charge in [0, 0.05) is 65.2 Å². The van der Waals surface area contributed by atoms with Gasteiger partial charge >= 0.3 is 0 Å². The fraction of sp³-hybridized carbons (Fsp3) is 0. The summed E-state index contributed by atoms with van der Waals surface area (Å²) in [6, 6.07) is 146. The molecule has 22 rings (SSSR count). The topological polar surface area (TPSA) is 19.7 Å². The van der Waals surface area contributed by atoms with E-state index in [1.54, 1.807) is 0 Å². The average molecular weight is 1350 g/mol. The molecule has 0 atom stereocenters. The van der Waals surface area contributed by atoms with Gasteiger partial charge in [-0.2, -0.15) is 0 Å². The zero-order valence-corrected chi connectivity index (χ0v) is 57.9. The van der Waals surface area contributed by atoms with Crippen LogP contribution in [-0.2, 0) is 0 Å². The summed E-state index contributed by atoms with van der Waals surface area (Å²) >= 11 is 0. The second-order valence-corrected chi connectivity index (χ2v) is 27.9. The lowest BCUT2D eigenvalue weighted by molar-refractivity contribution is 1.18. The van der Waals surface area contributed by atoms with E-state index in [9.17, 15) is 0 Å². The van der Waals surface area contributed by atoms with Crippen molar-refractivity contribution in [2.45, 2.75) is 0 Å². The Bertz CT molecular complexity index is 7170. The first kappa shape index (κ1) is 60.7. The second kappa shape index (κ2) is 24.9. The summed E-state index contributed by atoms with van der Waals surface area (Å²) in [6.07, 6.45) is 0. The minimum Gasteiger partial charge on any atom is -0.309 e. The Labute approximate surface area is 612 Å². The van der Waals surface area contributed by atoms with Crippen LogP contribution in [0.2, 0.25) is 0 Å². The molecule has 0 radical (unpaired) electrons. The first-order valence-electron chi connectivity index (χ1n) is 36.5. The minimum absolute atomic E-state index is 1.15. The van der Waals surface area contributed by atoms with E-state index < -0.39 is 0 Å². The highest BCUT2D eigenvalue weighted by atomic mass is 15.0. The Balaban J connectivity index is 0.000000136. The standard InChI is InChI=1S/C52H34N2.C50H32N2/c1-3-14-35(15-4-1)40-30-41(36-16-5-2-6-17-36)32-42(31-40)53-49-23-11-9-21-44(49)46-33-38(26-28-51(46)53)39-27-29-52-47(34-39)45-22-10-12-24-50(45)54(52)48-25-13-19-37-18-7-8-20-43(37)48;1-3-15-39-33(11-1)13-9-19-40(39)35-23-27-38(28-24-35)51-47-20-7-5-17-42(47)44-31-36(25-29-49(44)51)37-26-30-50-45(32-37)43-18-6-8-21-48(43)52(50)46-22-10-14-34-12-2-4-16-41(34)46/h1-34H;1-32H. The van der Waals surface area contributed by atoms with Crippen molar-refractivity contribution in [2.24, 2.45) is 0 Å². The maximum absolute atomic E-state index is 2.44. The van der Waals surface area contributed by atoms with Gasteiger partial charge in [-0.3, -0.25) is 0 Å². The molecular formula is C102H66N4. The van der Waals surface area contributed by atoms with E-state index in [0.29, 0.717) is 0 Å². The van der Waals surface area contributed by atoms with Crippen molar-refractivity contribution in [1.82, 2.24) is 18.3 Å². The predicted octanol–water partition coefficient (Wildman–Crippen LogP) is 27.6. The molecule has 0 aliphatic heterocycles. The van der Waals surface area contributed by atoms with Gasteiger partial charge in [0.05, 0.1) is 55.5 Å². The van der Waals surface area contributed by atoms with Crippen LogP contribution < -0.4 is 0 Å². The van der Waals surface area contributed by atoms with Crippen molar-refractivity contribution in [1.29, 1.82) is 0 Å². The van der Waals surface area contributed by atoms with Gasteiger partial charge in [0.2, 0.25) is 0 Å². The molecule has 0 N–H and O–H groups in total. The van der Waals surface area contributed by atoms with Gasteiger partial charge in [-0.05, 0) is 192 Å². The van der Waals surface area contributed by atoms with Crippen LogP contribution in [0.25, 0.3) is 198 Å². The lowest BCUT2D eigenvalue weighted by Crippen LogP contribution is -1.96. The number of benzene rings is 18. The fourth-order valence-electron chi connectivity index (χ4n) is 17.1. The van der Waals surface area contributed by atoms with Crippen LogP contribution in [-0.4, -0.2) is 18.3 Å². The summed E-state index contributed by atoms with van der Waals surface area (Å²) in [6.45, 7) is 0. The first-order valence-corrected chi connectivity index (χ1v) is 36.5. The first-order chi connectivity index (χ1) is 52.6. The lowest BCUT2D eigenvalue weighted by Gasteiger charge is -2.14. The van der Waals surface area contributed by atoms with Crippen molar-refractivity contribution in [2.75, 3.05) is 0 Å². The van der Waals surface area contributed by atoms with Gasteiger partial charge in [0.15, 0.2) is 0 Å². The molecule has 0 saturated carbocycles. The number of aromatic nitrogens is 4. The third kappa shape index (κ3) is 9.98. The number of rotatable bonds is 9. The lowest BCUT2D eigenvalue weighted by atomic mass is 9.98. The molecule has 4 heterocycles. The van der Waals surface area contributed by atoms with Crippen molar-refractivity contribution in [3.63, 3.8) is 0 Å². The van der Waals surface area contributed by atoms with Gasteiger partial charge < -0.3 is 18.3 Å². The smallest absolute Gasteiger partial charge is 0.0541 e. The average Bonchev–Trinajstić information content (AvgIpc) is 1.58. The molecule has 0 fully saturated rings. The Hall–Kier alpha value is -14.1. The maximum Gasteiger partial charge on any atom is 0.0541 e. The van der Waals surface area contributed by atoms with Crippen LogP contribution in [0.5, 0.6) is 0 Å². The normalized spacial score (nSPS) is 11.8. The summed E-state index contributed by atoms with van der Waals surface area (Å²) in [7, 11) is 0. The summed E-state index contributed by atoms with van der Waals surface area (Å²) in [5, 5.41) is 17.6. The molecule has 494 valence electrons. The van der Waals surface area contributed by atoms with Crippen molar-refractivity contribution in [3.8, 4) is 78.4 Å². The molecule has 0 bridgehead atoms. The van der Waals surface area contributed by atoms with Crippen LogP contribution in [0.3, 0.4) is 0 Å². The Morgan fingerprint density at radius 1 is 0.132 bits per heavy atom. The molecular weight excluding hydrogens is 1280 g/mol. The van der Waals surface area contributed by atoms with Crippen LogP contribution in [0.4, 0.5) is 0 Å². The van der Waals surface area contributed by atoms with E-state index in [1.807, 2.05) is 0 Å². The van der Waals surface area contributed by atoms with Crippen LogP contribution in [0, 0.1) is 0 Å². The molecule has 0 unspecified atom stereocenters. The third-order valence-electron chi connectivity index (χ3n) is 22.0. The number of para-hydroxylation sites is 4. The quantitative estimate of drug-likeness (QED) is 0.137. The molecule has 0 amide bonds. The van der Waals surface area contributed by atoms with Crippen LogP contribution in [0.1, 0.15) is 0 Å². The summed E-state index contributed by atoms with van der Waals surface area (Å²) in [4.78, 5) is 0. The van der Waals surface area contributed by atoms with Gasteiger partial charge in [-0.1, -0.05) is 285 Å². The molecule has 4 nitrogen and oxygen atoms in total. The monoisotopic (exact) mass is 1350 g/mol. The Kier molecular flexibility index (Phi) is 14.2. The predicted molar refractivity (Wildman–Crippen MR) is 450 cm³/mol. The highest BCUT2D eigenvalue weighted by Gasteiger charge is 2.21. The molecule has 0 saturated heterocycles. The molecule has 106 heavy (non-hydrogen) atoms. The van der Waals surface area contributed by atoms with Crippen molar-refractivity contribution >= 4 is 120 Å². The largest absolute Gasteiger partial charge is 0.309 e. The van der Waals surface area contributed by atoms with E-state index in [1.165, 1.54) is 187 Å². The van der Waals surface area contributed by atoms with Gasteiger partial charge in [-0.15, -0.1) is 0 Å². The highest BCUT2D eigenvalue weighted by molar-refractivity contribution is 6.16. The number of hydrogen-bond donors (Lipinski definition) is 0. The second-order valence-electron chi connectivity index (χ2n) is 27.9. The zero-order valence-electron chi connectivity index (χ0n) is 57.9. The Morgan fingerprint density at radius 2 is 0.425 bits per heavy atom. The Morgan fingerprint density at radius 3 is 0.840 bits per heavy atom. The molecule has 0 aliphatic carbocycles. The van der Waals surface area contributed by atoms with E-state index in [4.69, 9.17) is 0 Å². The number of nitrogens with zero attached hydrogens (tertiary/aromatic N) is 4. The SMILES string of the molecule is c1ccc(-c2cc(-c3ccccc3)cc(-n3c4ccccc4c4cc(-c5ccc6c(c5)c5ccccc5n6-c5cccc6ccccc56)ccc43)c2)cc1.c1ccc2c(-c3ccc(-n4c5ccccc5c5cc(-c6ccc7c(c6)c6ccccc6n7-c6cccc7ccccc67)ccc54)cc3)cccc2c1. The van der Waals surface area contributed by atoms with E-state index in [2.05, 4.69) is 419 Å². The van der Waals surface area contributed by atoms with Crippen molar-refractivity contribution < 1.29 is 0 Å². The van der Waals surface area contributed by atoms with Gasteiger partial charge in [-0.25, -0.2) is 0 Å². The molecule has 0 spiro atoms. The number of fused-ring (bicyclic) bond motifs is 15. The molecule has 4 heteroatoms. The summed E-state index contributed by atoms with van der Waals surface area (Å²) in [5.74, 6) is 0. The minimum atomic E-state index is 1.15. The van der Waals surface area contributed by atoms with E-state index in [-0.39, 0.29) is 0 Å². The molecule has 4 aromatic heterocycles. The maximum atomic E-state index is 2.44. The molecule has 18 aromatic carbocycles. The molecule has 22 aromatic rings. The van der Waals surface area contributed by atoms with Crippen LogP contribution in [0.15, 0.2) is 400 Å². The van der Waals surface area contributed by atoms with Crippen molar-refractivity contribution in [3.05, 3.63) is 400 Å². The summed E-state index contributed by atoms with van der Waals surface area (Å²) in [5.41, 5.74) is 26.5. The van der Waals surface area contributed by atoms with Crippen LogP contribution >= 0.6 is 0 Å². The van der Waals surface area contributed by atoms with Gasteiger partial charge in [0.1, 0.15) is 0 Å². The van der Waals surface area contributed by atoms with E-state index >= 15 is 0 Å². The third-order valence-corrected chi connectivity index (χ3v) is 22.0. The van der Waals surface area contributed by atoms with Gasteiger partial charge in [0.25, 0.3) is 0 Å². The number of hydrogen-bond acceptors (Lipinski definition) is 0. The van der Waals surface area contributed by atoms with E-state index in [0.717, 1.165) is 11.4 Å². The summed E-state index contributed by atoms with van der Waals surface area (Å²) < 4.78 is 9.71.